The lowest BCUT2D eigenvalue weighted by atomic mass is 10.2. The number of rotatable bonds is 6. The number of nitriles is 1. The zero-order valence-electron chi connectivity index (χ0n) is 13.3. The third-order valence-electron chi connectivity index (χ3n) is 3.57. The maximum Gasteiger partial charge on any atom is 0.240 e. The summed E-state index contributed by atoms with van der Waals surface area (Å²) in [7, 11) is 0. The highest BCUT2D eigenvalue weighted by Gasteiger charge is 2.18. The summed E-state index contributed by atoms with van der Waals surface area (Å²) in [6.07, 6.45) is 0. The van der Waals surface area contributed by atoms with Crippen molar-refractivity contribution in [2.75, 3.05) is 18.4 Å². The highest BCUT2D eigenvalue weighted by molar-refractivity contribution is 7.16. The van der Waals surface area contributed by atoms with E-state index < -0.39 is 0 Å². The van der Waals surface area contributed by atoms with Crippen molar-refractivity contribution < 1.29 is 9.21 Å². The first kappa shape index (κ1) is 17.5. The average Bonchev–Trinajstić information content (AvgIpc) is 3.02. The van der Waals surface area contributed by atoms with Crippen LogP contribution in [0.4, 0.5) is 5.88 Å². The van der Waals surface area contributed by atoms with Gasteiger partial charge in [-0.05, 0) is 32.5 Å². The van der Waals surface area contributed by atoms with Crippen molar-refractivity contribution >= 4 is 34.7 Å². The van der Waals surface area contributed by atoms with Gasteiger partial charge in [0.25, 0.3) is 0 Å². The molecule has 1 N–H and O–H groups in total. The quantitative estimate of drug-likeness (QED) is 0.855. The molecule has 0 aliphatic heterocycles. The zero-order chi connectivity index (χ0) is 17.0. The number of hydrogen-bond acceptors (Lipinski definition) is 5. The Hall–Kier alpha value is -1.81. The van der Waals surface area contributed by atoms with E-state index in [1.165, 1.54) is 11.3 Å². The third kappa shape index (κ3) is 4.35. The minimum Gasteiger partial charge on any atom is -0.444 e. The molecule has 0 unspecified atom stereocenters. The minimum absolute atomic E-state index is 0.209. The van der Waals surface area contributed by atoms with Gasteiger partial charge >= 0.3 is 0 Å². The van der Waals surface area contributed by atoms with E-state index in [0.29, 0.717) is 17.9 Å². The number of anilines is 1. The van der Waals surface area contributed by atoms with Gasteiger partial charge < -0.3 is 4.42 Å². The molecule has 2 heterocycles. The van der Waals surface area contributed by atoms with E-state index in [1.54, 1.807) is 13.8 Å². The summed E-state index contributed by atoms with van der Waals surface area (Å²) in [5.74, 6) is 0.653. The summed E-state index contributed by atoms with van der Waals surface area (Å²) in [5.41, 5.74) is 1.13. The van der Waals surface area contributed by atoms with E-state index >= 15 is 0 Å². The van der Waals surface area contributed by atoms with Crippen LogP contribution in [0.2, 0.25) is 4.34 Å². The molecule has 0 aromatic carbocycles. The zero-order valence-corrected chi connectivity index (χ0v) is 14.8. The van der Waals surface area contributed by atoms with Gasteiger partial charge in [-0.2, -0.15) is 5.26 Å². The number of carbonyl (C=O) groups is 1. The molecule has 0 aliphatic carbocycles. The largest absolute Gasteiger partial charge is 0.444 e. The molecule has 0 saturated carbocycles. The minimum atomic E-state index is -0.209. The van der Waals surface area contributed by atoms with Crippen LogP contribution in [0.3, 0.4) is 0 Å². The van der Waals surface area contributed by atoms with Gasteiger partial charge in [0, 0.05) is 17.0 Å². The topological polar surface area (TPSA) is 69.3 Å². The molecule has 122 valence electrons. The second-order valence-corrected chi connectivity index (χ2v) is 6.96. The molecule has 0 radical (unpaired) electrons. The number of furan rings is 1. The second-order valence-electron chi connectivity index (χ2n) is 5.16. The van der Waals surface area contributed by atoms with Crippen molar-refractivity contribution in [3.8, 4) is 6.07 Å². The molecule has 2 aromatic rings. The maximum absolute atomic E-state index is 12.2. The number of aryl methyl sites for hydroxylation is 1. The predicted molar refractivity (Wildman–Crippen MR) is 91.8 cm³/mol. The van der Waals surface area contributed by atoms with Crippen LogP contribution in [0, 0.1) is 25.2 Å². The van der Waals surface area contributed by atoms with Gasteiger partial charge in [-0.3, -0.25) is 15.0 Å². The number of amides is 1. The molecule has 23 heavy (non-hydrogen) atoms. The van der Waals surface area contributed by atoms with Crippen molar-refractivity contribution in [1.82, 2.24) is 4.90 Å². The molecular weight excluding hydrogens is 334 g/mol. The molecule has 5 nitrogen and oxygen atoms in total. The van der Waals surface area contributed by atoms with Crippen LogP contribution in [0.25, 0.3) is 0 Å². The van der Waals surface area contributed by atoms with E-state index in [9.17, 15) is 4.79 Å². The van der Waals surface area contributed by atoms with Crippen LogP contribution in [0.1, 0.15) is 28.7 Å². The van der Waals surface area contributed by atoms with Crippen molar-refractivity contribution in [3.63, 3.8) is 0 Å². The first-order valence-electron chi connectivity index (χ1n) is 7.21. The highest BCUT2D eigenvalue weighted by atomic mass is 35.5. The molecule has 0 fully saturated rings. The summed E-state index contributed by atoms with van der Waals surface area (Å²) in [5, 5.41) is 11.9. The maximum atomic E-state index is 12.2. The van der Waals surface area contributed by atoms with Crippen LogP contribution in [0.5, 0.6) is 0 Å². The molecule has 0 bridgehead atoms. The van der Waals surface area contributed by atoms with Gasteiger partial charge in [-0.15, -0.1) is 11.3 Å². The average molecular weight is 352 g/mol. The van der Waals surface area contributed by atoms with Crippen molar-refractivity contribution in [2.24, 2.45) is 0 Å². The van der Waals surface area contributed by atoms with Crippen molar-refractivity contribution in [1.29, 1.82) is 5.26 Å². The molecule has 0 atom stereocenters. The normalized spacial score (nSPS) is 10.8. The summed E-state index contributed by atoms with van der Waals surface area (Å²) in [6.45, 7) is 7.16. The number of halogens is 1. The number of nitrogens with zero attached hydrogens (tertiary/aromatic N) is 2. The fourth-order valence-corrected chi connectivity index (χ4v) is 3.29. The molecule has 2 rings (SSSR count). The van der Waals surface area contributed by atoms with Gasteiger partial charge in [-0.25, -0.2) is 0 Å². The number of thiophene rings is 1. The predicted octanol–water partition coefficient (Wildman–Crippen LogP) is 3.94. The Kier molecular flexibility index (Phi) is 5.83. The first-order chi connectivity index (χ1) is 10.9. The lowest BCUT2D eigenvalue weighted by Crippen LogP contribution is -2.32. The Balaban J connectivity index is 2.00. The van der Waals surface area contributed by atoms with E-state index in [1.807, 2.05) is 24.0 Å². The van der Waals surface area contributed by atoms with Gasteiger partial charge in [0.2, 0.25) is 11.8 Å². The smallest absolute Gasteiger partial charge is 0.240 e. The molecule has 0 saturated heterocycles. The Morgan fingerprint density at radius 3 is 2.78 bits per heavy atom. The Labute approximate surface area is 144 Å². The molecule has 0 aliphatic rings. The molecule has 7 heteroatoms. The van der Waals surface area contributed by atoms with E-state index in [0.717, 1.165) is 21.3 Å². The van der Waals surface area contributed by atoms with Crippen LogP contribution in [-0.4, -0.2) is 23.9 Å². The second kappa shape index (κ2) is 7.64. The van der Waals surface area contributed by atoms with E-state index in [2.05, 4.69) is 11.4 Å². The SMILES string of the molecule is CCN(CC(=O)Nc1oc(C)c(C)c1C#N)Cc1ccc(Cl)s1. The number of hydrogen-bond donors (Lipinski definition) is 1. The van der Waals surface area contributed by atoms with Gasteiger partial charge in [0.15, 0.2) is 0 Å². The first-order valence-corrected chi connectivity index (χ1v) is 8.40. The number of carbonyl (C=O) groups excluding carboxylic acids is 1. The van der Waals surface area contributed by atoms with Crippen LogP contribution >= 0.6 is 22.9 Å². The van der Waals surface area contributed by atoms with Gasteiger partial charge in [0.1, 0.15) is 17.4 Å². The van der Waals surface area contributed by atoms with Crippen LogP contribution < -0.4 is 5.32 Å². The summed E-state index contributed by atoms with van der Waals surface area (Å²) in [4.78, 5) is 15.3. The fraction of sp³-hybridized carbons (Fsp3) is 0.375. The Morgan fingerprint density at radius 2 is 2.22 bits per heavy atom. The third-order valence-corrected chi connectivity index (χ3v) is 4.79. The molecule has 0 spiro atoms. The summed E-state index contributed by atoms with van der Waals surface area (Å²) in [6, 6.07) is 5.87. The summed E-state index contributed by atoms with van der Waals surface area (Å²) >= 11 is 7.43. The van der Waals surface area contributed by atoms with Gasteiger partial charge in [0.05, 0.1) is 10.9 Å². The standard InChI is InChI=1S/C16H18ClN3O2S/c1-4-20(8-12-5-6-14(17)23-12)9-15(21)19-16-13(7-18)10(2)11(3)22-16/h5-6H,4,8-9H2,1-3H3,(H,19,21). The highest BCUT2D eigenvalue weighted by Crippen LogP contribution is 2.25. The van der Waals surface area contributed by atoms with E-state index in [4.69, 9.17) is 21.3 Å². The van der Waals surface area contributed by atoms with Crippen molar-refractivity contribution in [3.05, 3.63) is 38.2 Å². The van der Waals surface area contributed by atoms with E-state index in [-0.39, 0.29) is 18.3 Å². The lowest BCUT2D eigenvalue weighted by Gasteiger charge is -2.18. The molecular formula is C16H18ClN3O2S. The summed E-state index contributed by atoms with van der Waals surface area (Å²) < 4.78 is 6.19. The molecule has 2 aromatic heterocycles. The fourth-order valence-electron chi connectivity index (χ4n) is 2.16. The van der Waals surface area contributed by atoms with Crippen LogP contribution in [0.15, 0.2) is 16.5 Å². The van der Waals surface area contributed by atoms with Crippen LogP contribution in [-0.2, 0) is 11.3 Å². The number of likely N-dealkylation sites (N-methyl/N-ethyl adjacent to an activating group) is 1. The van der Waals surface area contributed by atoms with Gasteiger partial charge in [-0.1, -0.05) is 18.5 Å². The monoisotopic (exact) mass is 351 g/mol. The number of nitrogens with one attached hydrogen (secondary N) is 1. The van der Waals surface area contributed by atoms with Crippen molar-refractivity contribution in [2.45, 2.75) is 27.3 Å². The lowest BCUT2D eigenvalue weighted by molar-refractivity contribution is -0.117. The molecule has 1 amide bonds. The Morgan fingerprint density at radius 1 is 1.48 bits per heavy atom. The Bertz CT molecular complexity index is 745.